The van der Waals surface area contributed by atoms with Crippen LogP contribution >= 0.6 is 11.3 Å². The molecule has 36 heavy (non-hydrogen) atoms. The number of carbonyl (C=O) groups is 3. The van der Waals surface area contributed by atoms with E-state index >= 15 is 0 Å². The van der Waals surface area contributed by atoms with Gasteiger partial charge in [-0.1, -0.05) is 74.6 Å². The molecule has 1 aliphatic rings. The van der Waals surface area contributed by atoms with Crippen LogP contribution in [0.25, 0.3) is 0 Å². The number of thiazole rings is 1. The fourth-order valence-electron chi connectivity index (χ4n) is 3.91. The molecule has 0 saturated carbocycles. The second-order valence-electron chi connectivity index (χ2n) is 9.60. The molecule has 188 valence electrons. The maximum absolute atomic E-state index is 13.4. The number of carbonyl (C=O) groups excluding carboxylic acids is 3. The lowest BCUT2D eigenvalue weighted by molar-refractivity contribution is -0.123. The minimum absolute atomic E-state index is 0.0998. The lowest BCUT2D eigenvalue weighted by Crippen LogP contribution is -2.56. The number of amides is 2. The number of piperazine rings is 1. The summed E-state index contributed by atoms with van der Waals surface area (Å²) in [5.41, 5.74) is 0.554. The zero-order valence-electron chi connectivity index (χ0n) is 21.1. The minimum atomic E-state index is -0.666. The van der Waals surface area contributed by atoms with E-state index in [2.05, 4.69) is 10.3 Å². The summed E-state index contributed by atoms with van der Waals surface area (Å²) in [7, 11) is 1.58. The number of methoxy groups -OCH3 is 1. The largest absolute Gasteiger partial charge is 0.495 e. The number of benzene rings is 2. The molecule has 4 rings (SSSR count). The van der Waals surface area contributed by atoms with Gasteiger partial charge < -0.3 is 19.9 Å². The van der Waals surface area contributed by atoms with E-state index in [4.69, 9.17) is 4.74 Å². The average Bonchev–Trinajstić information content (AvgIpc) is 3.28. The number of nitrogens with one attached hydrogen (secondary N) is 1. The molecule has 2 amide bonds. The molecule has 8 nitrogen and oxygen atoms in total. The van der Waals surface area contributed by atoms with Crippen LogP contribution in [0.3, 0.4) is 0 Å². The van der Waals surface area contributed by atoms with Crippen molar-refractivity contribution in [2.24, 2.45) is 5.41 Å². The second kappa shape index (κ2) is 10.1. The third kappa shape index (κ3) is 4.97. The van der Waals surface area contributed by atoms with Gasteiger partial charge in [-0.3, -0.25) is 14.4 Å². The van der Waals surface area contributed by atoms with Gasteiger partial charge in [0.15, 0.2) is 10.9 Å². The molecule has 3 aromatic rings. The predicted molar refractivity (Wildman–Crippen MR) is 142 cm³/mol. The SMILES string of the molecule is COc1ccccc1N1CCN(c2nc(NC(=O)C(C)(C)C)c(C(=O)c3ccccc3)s2)C(C)C1=O. The van der Waals surface area contributed by atoms with Crippen LogP contribution in [0.2, 0.25) is 0 Å². The summed E-state index contributed by atoms with van der Waals surface area (Å²) in [5, 5.41) is 3.35. The molecule has 0 radical (unpaired) electrons. The van der Waals surface area contributed by atoms with Gasteiger partial charge in [-0.2, -0.15) is 0 Å². The van der Waals surface area contributed by atoms with Crippen LogP contribution in [0.15, 0.2) is 54.6 Å². The molecule has 1 saturated heterocycles. The number of para-hydroxylation sites is 2. The maximum atomic E-state index is 13.4. The molecule has 1 aliphatic heterocycles. The summed E-state index contributed by atoms with van der Waals surface area (Å²) in [6, 6.07) is 15.8. The summed E-state index contributed by atoms with van der Waals surface area (Å²) < 4.78 is 5.45. The number of ether oxygens (including phenoxy) is 1. The van der Waals surface area contributed by atoms with Crippen molar-refractivity contribution in [2.75, 3.05) is 35.3 Å². The average molecular weight is 507 g/mol. The van der Waals surface area contributed by atoms with Crippen molar-refractivity contribution in [1.82, 2.24) is 4.98 Å². The van der Waals surface area contributed by atoms with Crippen molar-refractivity contribution < 1.29 is 19.1 Å². The molecule has 1 N–H and O–H groups in total. The summed E-state index contributed by atoms with van der Waals surface area (Å²) in [4.78, 5) is 48.1. The van der Waals surface area contributed by atoms with Gasteiger partial charge in [0.05, 0.1) is 12.8 Å². The molecule has 0 aliphatic carbocycles. The van der Waals surface area contributed by atoms with Crippen molar-refractivity contribution in [3.05, 3.63) is 65.0 Å². The zero-order chi connectivity index (χ0) is 26.0. The third-order valence-corrected chi connectivity index (χ3v) is 7.14. The standard InChI is InChI=1S/C27H30N4O4S/c1-17-24(33)31(19-13-9-10-14-20(19)35-5)16-15-30(17)26-29-23(28-25(34)27(2,3)4)22(36-26)21(32)18-11-7-6-8-12-18/h6-14,17H,15-16H2,1-5H3,(H,28,34). The Morgan fingerprint density at radius 3 is 2.39 bits per heavy atom. The molecule has 9 heteroatoms. The topological polar surface area (TPSA) is 91.8 Å². The molecule has 0 spiro atoms. The molecule has 1 unspecified atom stereocenters. The Labute approximate surface area is 214 Å². The van der Waals surface area contributed by atoms with E-state index in [1.165, 1.54) is 11.3 Å². The Hall–Kier alpha value is -3.72. The molecule has 1 fully saturated rings. The van der Waals surface area contributed by atoms with Crippen LogP contribution in [-0.4, -0.2) is 48.8 Å². The molecule has 0 bridgehead atoms. The minimum Gasteiger partial charge on any atom is -0.495 e. The Kier molecular flexibility index (Phi) is 7.12. The first-order valence-corrected chi connectivity index (χ1v) is 12.6. The fourth-order valence-corrected chi connectivity index (χ4v) is 5.00. The van der Waals surface area contributed by atoms with Gasteiger partial charge in [-0.05, 0) is 19.1 Å². The van der Waals surface area contributed by atoms with Gasteiger partial charge in [0.2, 0.25) is 17.6 Å². The van der Waals surface area contributed by atoms with Crippen LogP contribution < -0.4 is 19.9 Å². The number of rotatable bonds is 6. The van der Waals surface area contributed by atoms with Crippen molar-refractivity contribution in [3.8, 4) is 5.75 Å². The first-order valence-electron chi connectivity index (χ1n) is 11.7. The summed E-state index contributed by atoms with van der Waals surface area (Å²) in [5.74, 6) is 0.276. The molecule has 1 aromatic heterocycles. The lowest BCUT2D eigenvalue weighted by Gasteiger charge is -2.39. The van der Waals surface area contributed by atoms with E-state index in [0.29, 0.717) is 40.1 Å². The quantitative estimate of drug-likeness (QED) is 0.491. The molecule has 2 heterocycles. The Bertz CT molecular complexity index is 1280. The van der Waals surface area contributed by atoms with Gasteiger partial charge in [-0.15, -0.1) is 0 Å². The Balaban J connectivity index is 1.67. The number of ketones is 1. The highest BCUT2D eigenvalue weighted by Crippen LogP contribution is 2.36. The molecular weight excluding hydrogens is 476 g/mol. The Morgan fingerprint density at radius 1 is 1.06 bits per heavy atom. The van der Waals surface area contributed by atoms with E-state index in [1.807, 2.05) is 42.2 Å². The van der Waals surface area contributed by atoms with Crippen LogP contribution in [-0.2, 0) is 9.59 Å². The van der Waals surface area contributed by atoms with Crippen LogP contribution in [0.4, 0.5) is 16.6 Å². The van der Waals surface area contributed by atoms with Crippen molar-refractivity contribution in [2.45, 2.75) is 33.7 Å². The summed E-state index contributed by atoms with van der Waals surface area (Å²) in [6.45, 7) is 8.14. The summed E-state index contributed by atoms with van der Waals surface area (Å²) in [6.07, 6.45) is 0. The van der Waals surface area contributed by atoms with Crippen LogP contribution in [0.1, 0.15) is 42.9 Å². The maximum Gasteiger partial charge on any atom is 0.249 e. The highest BCUT2D eigenvalue weighted by atomic mass is 32.1. The lowest BCUT2D eigenvalue weighted by atomic mass is 9.96. The van der Waals surface area contributed by atoms with E-state index in [0.717, 1.165) is 0 Å². The van der Waals surface area contributed by atoms with Crippen molar-refractivity contribution >= 4 is 45.6 Å². The van der Waals surface area contributed by atoms with E-state index < -0.39 is 11.5 Å². The van der Waals surface area contributed by atoms with Crippen molar-refractivity contribution in [3.63, 3.8) is 0 Å². The number of anilines is 3. The normalized spacial score (nSPS) is 16.1. The van der Waals surface area contributed by atoms with Gasteiger partial charge in [0, 0.05) is 24.1 Å². The highest BCUT2D eigenvalue weighted by Gasteiger charge is 2.36. The van der Waals surface area contributed by atoms with Gasteiger partial charge in [0.25, 0.3) is 0 Å². The van der Waals surface area contributed by atoms with Gasteiger partial charge in [-0.25, -0.2) is 4.98 Å². The molecule has 2 aromatic carbocycles. The third-order valence-electron chi connectivity index (χ3n) is 6.05. The highest BCUT2D eigenvalue weighted by molar-refractivity contribution is 7.18. The predicted octanol–water partition coefficient (Wildman–Crippen LogP) is 4.61. The van der Waals surface area contributed by atoms with E-state index in [1.54, 1.807) is 57.0 Å². The van der Waals surface area contributed by atoms with E-state index in [9.17, 15) is 14.4 Å². The van der Waals surface area contributed by atoms with Crippen LogP contribution in [0, 0.1) is 5.41 Å². The van der Waals surface area contributed by atoms with E-state index in [-0.39, 0.29) is 23.4 Å². The smallest absolute Gasteiger partial charge is 0.249 e. The summed E-state index contributed by atoms with van der Waals surface area (Å²) >= 11 is 1.19. The molecular formula is C27H30N4O4S. The van der Waals surface area contributed by atoms with Crippen molar-refractivity contribution in [1.29, 1.82) is 0 Å². The Morgan fingerprint density at radius 2 is 1.72 bits per heavy atom. The van der Waals surface area contributed by atoms with Gasteiger partial charge >= 0.3 is 0 Å². The monoisotopic (exact) mass is 506 g/mol. The van der Waals surface area contributed by atoms with Gasteiger partial charge in [0.1, 0.15) is 16.7 Å². The zero-order valence-corrected chi connectivity index (χ0v) is 21.9. The molecule has 1 atom stereocenters. The van der Waals surface area contributed by atoms with Crippen LogP contribution in [0.5, 0.6) is 5.75 Å². The first kappa shape index (κ1) is 25.4. The number of hydrogen-bond acceptors (Lipinski definition) is 7. The number of aromatic nitrogens is 1. The fraction of sp³-hybridized carbons (Fsp3) is 0.333. The number of hydrogen-bond donors (Lipinski definition) is 1. The first-order chi connectivity index (χ1) is 17.1. The number of nitrogens with zero attached hydrogens (tertiary/aromatic N) is 3. The second-order valence-corrected chi connectivity index (χ2v) is 10.6.